The predicted molar refractivity (Wildman–Crippen MR) is 62.7 cm³/mol. The molecule has 0 aromatic heterocycles. The number of hydrogen-bond donors (Lipinski definition) is 0. The standard InChI is InChI=1S/C13H18O3/c1-9(2)8-15-13(14)16-12-7-10(3)5-6-11(12)4/h5-7,9H,8H2,1-4H3. The molecule has 0 spiro atoms. The zero-order valence-electron chi connectivity index (χ0n) is 10.2. The Bertz CT molecular complexity index is 369. The smallest absolute Gasteiger partial charge is 0.434 e. The summed E-state index contributed by atoms with van der Waals surface area (Å²) in [6.07, 6.45) is -0.637. The normalized spacial score (nSPS) is 10.3. The van der Waals surface area contributed by atoms with Crippen LogP contribution in [0.1, 0.15) is 25.0 Å². The molecule has 0 N–H and O–H groups in total. The van der Waals surface area contributed by atoms with E-state index in [0.29, 0.717) is 18.3 Å². The molecule has 1 rings (SSSR count). The maximum absolute atomic E-state index is 11.3. The van der Waals surface area contributed by atoms with Crippen LogP contribution in [0.15, 0.2) is 18.2 Å². The van der Waals surface area contributed by atoms with Gasteiger partial charge in [0.05, 0.1) is 6.61 Å². The third-order valence-corrected chi connectivity index (χ3v) is 2.07. The van der Waals surface area contributed by atoms with Crippen molar-refractivity contribution in [2.24, 2.45) is 5.92 Å². The van der Waals surface area contributed by atoms with Crippen LogP contribution in [0.3, 0.4) is 0 Å². The Hall–Kier alpha value is -1.51. The van der Waals surface area contributed by atoms with E-state index in [1.54, 1.807) is 0 Å². The molecule has 3 nitrogen and oxygen atoms in total. The third kappa shape index (κ3) is 3.93. The van der Waals surface area contributed by atoms with Crippen molar-refractivity contribution in [2.75, 3.05) is 6.61 Å². The van der Waals surface area contributed by atoms with Gasteiger partial charge < -0.3 is 9.47 Å². The molecule has 0 saturated carbocycles. The van der Waals surface area contributed by atoms with E-state index in [-0.39, 0.29) is 0 Å². The van der Waals surface area contributed by atoms with E-state index in [4.69, 9.17) is 9.47 Å². The molecule has 0 bridgehead atoms. The second-order valence-corrected chi connectivity index (χ2v) is 4.33. The number of rotatable bonds is 3. The van der Waals surface area contributed by atoms with Crippen LogP contribution in [0.25, 0.3) is 0 Å². The van der Waals surface area contributed by atoms with Gasteiger partial charge in [-0.3, -0.25) is 0 Å². The van der Waals surface area contributed by atoms with Crippen molar-refractivity contribution in [3.63, 3.8) is 0 Å². The molecule has 0 aliphatic rings. The molecule has 0 amide bonds. The summed E-state index contributed by atoms with van der Waals surface area (Å²) in [6.45, 7) is 8.18. The number of hydrogen-bond acceptors (Lipinski definition) is 3. The quantitative estimate of drug-likeness (QED) is 0.580. The topological polar surface area (TPSA) is 35.5 Å². The number of carbonyl (C=O) groups excluding carboxylic acids is 1. The van der Waals surface area contributed by atoms with Crippen molar-refractivity contribution >= 4 is 6.16 Å². The molecular weight excluding hydrogens is 204 g/mol. The maximum Gasteiger partial charge on any atom is 0.513 e. The minimum absolute atomic E-state index is 0.311. The van der Waals surface area contributed by atoms with Gasteiger partial charge in [0.2, 0.25) is 0 Å². The van der Waals surface area contributed by atoms with Crippen LogP contribution in [0.4, 0.5) is 4.79 Å². The van der Waals surface area contributed by atoms with Crippen molar-refractivity contribution in [3.05, 3.63) is 29.3 Å². The Morgan fingerprint density at radius 3 is 2.62 bits per heavy atom. The zero-order chi connectivity index (χ0) is 12.1. The first-order valence-corrected chi connectivity index (χ1v) is 5.41. The minimum atomic E-state index is -0.637. The van der Waals surface area contributed by atoms with Crippen LogP contribution >= 0.6 is 0 Å². The second-order valence-electron chi connectivity index (χ2n) is 4.33. The first kappa shape index (κ1) is 12.6. The van der Waals surface area contributed by atoms with E-state index in [9.17, 15) is 4.79 Å². The van der Waals surface area contributed by atoms with Crippen LogP contribution in [-0.2, 0) is 4.74 Å². The predicted octanol–water partition coefficient (Wildman–Crippen LogP) is 3.47. The van der Waals surface area contributed by atoms with Crippen LogP contribution in [0, 0.1) is 19.8 Å². The number of carbonyl (C=O) groups is 1. The SMILES string of the molecule is Cc1ccc(C)c(OC(=O)OCC(C)C)c1. The summed E-state index contributed by atoms with van der Waals surface area (Å²) in [7, 11) is 0. The van der Waals surface area contributed by atoms with E-state index in [0.717, 1.165) is 11.1 Å². The molecule has 1 aromatic carbocycles. The Balaban J connectivity index is 2.59. The van der Waals surface area contributed by atoms with Crippen molar-refractivity contribution in [3.8, 4) is 5.75 Å². The molecule has 1 aromatic rings. The van der Waals surface area contributed by atoms with Crippen molar-refractivity contribution in [2.45, 2.75) is 27.7 Å². The van der Waals surface area contributed by atoms with Crippen LogP contribution in [-0.4, -0.2) is 12.8 Å². The Morgan fingerprint density at radius 1 is 1.31 bits per heavy atom. The van der Waals surface area contributed by atoms with E-state index >= 15 is 0 Å². The molecule has 88 valence electrons. The fourth-order valence-electron chi connectivity index (χ4n) is 1.17. The molecule has 0 atom stereocenters. The molecule has 16 heavy (non-hydrogen) atoms. The summed E-state index contributed by atoms with van der Waals surface area (Å²) in [4.78, 5) is 11.3. The fourth-order valence-corrected chi connectivity index (χ4v) is 1.17. The third-order valence-electron chi connectivity index (χ3n) is 2.07. The lowest BCUT2D eigenvalue weighted by Crippen LogP contribution is -2.14. The van der Waals surface area contributed by atoms with Gasteiger partial charge in [-0.1, -0.05) is 26.0 Å². The lowest BCUT2D eigenvalue weighted by Gasteiger charge is -2.09. The molecule has 0 aliphatic heterocycles. The molecular formula is C13H18O3. The minimum Gasteiger partial charge on any atom is -0.434 e. The van der Waals surface area contributed by atoms with Gasteiger partial charge in [-0.2, -0.15) is 0 Å². The van der Waals surface area contributed by atoms with Gasteiger partial charge in [-0.15, -0.1) is 0 Å². The highest BCUT2D eigenvalue weighted by Gasteiger charge is 2.09. The highest BCUT2D eigenvalue weighted by Crippen LogP contribution is 2.19. The van der Waals surface area contributed by atoms with E-state index in [1.165, 1.54) is 0 Å². The van der Waals surface area contributed by atoms with Gasteiger partial charge in [0.15, 0.2) is 0 Å². The van der Waals surface area contributed by atoms with Crippen molar-refractivity contribution in [1.29, 1.82) is 0 Å². The highest BCUT2D eigenvalue weighted by atomic mass is 16.7. The number of ether oxygens (including phenoxy) is 2. The lowest BCUT2D eigenvalue weighted by atomic mass is 10.1. The van der Waals surface area contributed by atoms with Gasteiger partial charge in [-0.05, 0) is 37.0 Å². The average Bonchev–Trinajstić information content (AvgIpc) is 2.20. The monoisotopic (exact) mass is 222 g/mol. The van der Waals surface area contributed by atoms with Crippen molar-refractivity contribution < 1.29 is 14.3 Å². The first-order chi connectivity index (χ1) is 7.49. The summed E-state index contributed by atoms with van der Waals surface area (Å²) in [5.74, 6) is 0.875. The summed E-state index contributed by atoms with van der Waals surface area (Å²) in [6, 6.07) is 5.72. The van der Waals surface area contributed by atoms with Gasteiger partial charge in [0.25, 0.3) is 0 Å². The molecule has 0 unspecified atom stereocenters. The maximum atomic E-state index is 11.3. The lowest BCUT2D eigenvalue weighted by molar-refractivity contribution is 0.0883. The molecule has 0 aliphatic carbocycles. The summed E-state index contributed by atoms with van der Waals surface area (Å²) in [5, 5.41) is 0. The molecule has 3 heteroatoms. The summed E-state index contributed by atoms with van der Waals surface area (Å²) in [5.41, 5.74) is 1.98. The first-order valence-electron chi connectivity index (χ1n) is 5.41. The fraction of sp³-hybridized carbons (Fsp3) is 0.462. The Morgan fingerprint density at radius 2 is 2.00 bits per heavy atom. The Kier molecular flexibility index (Phi) is 4.35. The summed E-state index contributed by atoms with van der Waals surface area (Å²) < 4.78 is 10.1. The van der Waals surface area contributed by atoms with Gasteiger partial charge in [0.1, 0.15) is 5.75 Å². The molecule has 0 heterocycles. The van der Waals surface area contributed by atoms with E-state index in [2.05, 4.69) is 0 Å². The van der Waals surface area contributed by atoms with Gasteiger partial charge >= 0.3 is 6.16 Å². The van der Waals surface area contributed by atoms with Gasteiger partial charge in [-0.25, -0.2) is 4.79 Å². The highest BCUT2D eigenvalue weighted by molar-refractivity contribution is 5.64. The summed E-state index contributed by atoms with van der Waals surface area (Å²) >= 11 is 0. The molecule has 0 saturated heterocycles. The number of benzene rings is 1. The van der Waals surface area contributed by atoms with Crippen LogP contribution in [0.5, 0.6) is 5.75 Å². The van der Waals surface area contributed by atoms with E-state index in [1.807, 2.05) is 45.9 Å². The molecule has 0 radical (unpaired) electrons. The van der Waals surface area contributed by atoms with Gasteiger partial charge in [0, 0.05) is 0 Å². The zero-order valence-corrected chi connectivity index (χ0v) is 10.2. The number of aryl methyl sites for hydroxylation is 2. The Labute approximate surface area is 96.4 Å². The van der Waals surface area contributed by atoms with Crippen molar-refractivity contribution in [1.82, 2.24) is 0 Å². The van der Waals surface area contributed by atoms with Crippen LogP contribution < -0.4 is 4.74 Å². The average molecular weight is 222 g/mol. The van der Waals surface area contributed by atoms with E-state index < -0.39 is 6.16 Å². The largest absolute Gasteiger partial charge is 0.513 e. The van der Waals surface area contributed by atoms with Crippen LogP contribution in [0.2, 0.25) is 0 Å². The second kappa shape index (κ2) is 5.54. The molecule has 0 fully saturated rings.